The molecule has 0 bridgehead atoms. The number of nitrogens with zero attached hydrogens (tertiary/aromatic N) is 4. The van der Waals surface area contributed by atoms with E-state index >= 15 is 0 Å². The summed E-state index contributed by atoms with van der Waals surface area (Å²) in [5.74, 6) is 7.63. The summed E-state index contributed by atoms with van der Waals surface area (Å²) < 4.78 is 0. The van der Waals surface area contributed by atoms with E-state index in [1.807, 2.05) is 19.0 Å². The van der Waals surface area contributed by atoms with Gasteiger partial charge in [-0.3, -0.25) is 5.43 Å². The van der Waals surface area contributed by atoms with Crippen LogP contribution in [0.25, 0.3) is 0 Å². The van der Waals surface area contributed by atoms with E-state index in [1.165, 1.54) is 25.7 Å². The monoisotopic (exact) mass is 265 g/mol. The molecule has 0 radical (unpaired) electrons. The van der Waals surface area contributed by atoms with Gasteiger partial charge in [0.2, 0.25) is 17.8 Å². The molecule has 7 heteroatoms. The van der Waals surface area contributed by atoms with E-state index in [4.69, 9.17) is 5.84 Å². The van der Waals surface area contributed by atoms with Crippen LogP contribution in [-0.4, -0.2) is 35.1 Å². The molecule has 106 valence electrons. The van der Waals surface area contributed by atoms with Crippen molar-refractivity contribution in [2.75, 3.05) is 29.7 Å². The molecule has 7 nitrogen and oxygen atoms in total. The van der Waals surface area contributed by atoms with Crippen molar-refractivity contribution in [2.24, 2.45) is 11.8 Å². The van der Waals surface area contributed by atoms with Gasteiger partial charge in [-0.15, -0.1) is 0 Å². The quantitative estimate of drug-likeness (QED) is 0.544. The van der Waals surface area contributed by atoms with Crippen LogP contribution in [0.15, 0.2) is 0 Å². The number of nitrogens with two attached hydrogens (primary N) is 1. The molecule has 1 aliphatic carbocycles. The summed E-state index contributed by atoms with van der Waals surface area (Å²) in [5.41, 5.74) is 2.48. The van der Waals surface area contributed by atoms with Crippen molar-refractivity contribution >= 4 is 17.8 Å². The van der Waals surface area contributed by atoms with Gasteiger partial charge in [0, 0.05) is 20.1 Å². The zero-order valence-electron chi connectivity index (χ0n) is 11.8. The van der Waals surface area contributed by atoms with Gasteiger partial charge in [-0.25, -0.2) is 5.84 Å². The molecule has 2 rings (SSSR count). The molecule has 0 aliphatic heterocycles. The maximum absolute atomic E-state index is 5.39. The molecular formula is C12H23N7. The lowest BCUT2D eigenvalue weighted by molar-refractivity contribution is 0.480. The average molecular weight is 265 g/mol. The van der Waals surface area contributed by atoms with Gasteiger partial charge in [-0.1, -0.05) is 12.8 Å². The van der Waals surface area contributed by atoms with Crippen LogP contribution in [0.3, 0.4) is 0 Å². The number of hydrazine groups is 1. The van der Waals surface area contributed by atoms with Gasteiger partial charge < -0.3 is 10.2 Å². The van der Waals surface area contributed by atoms with Crippen LogP contribution in [0, 0.1) is 5.92 Å². The van der Waals surface area contributed by atoms with Crippen molar-refractivity contribution in [1.82, 2.24) is 15.0 Å². The number of rotatable bonds is 5. The minimum atomic E-state index is 0.366. The molecule has 19 heavy (non-hydrogen) atoms. The van der Waals surface area contributed by atoms with E-state index in [2.05, 4.69) is 32.6 Å². The Morgan fingerprint density at radius 1 is 1.16 bits per heavy atom. The Kier molecular flexibility index (Phi) is 4.36. The van der Waals surface area contributed by atoms with E-state index in [9.17, 15) is 0 Å². The Morgan fingerprint density at radius 2 is 1.79 bits per heavy atom. The maximum Gasteiger partial charge on any atom is 0.243 e. The summed E-state index contributed by atoms with van der Waals surface area (Å²) in [6.07, 6.45) is 5.21. The highest BCUT2D eigenvalue weighted by atomic mass is 15.4. The van der Waals surface area contributed by atoms with Crippen LogP contribution in [0.4, 0.5) is 17.8 Å². The molecule has 0 aromatic carbocycles. The second-order valence-corrected chi connectivity index (χ2v) is 5.30. The number of nitrogens with one attached hydrogen (secondary N) is 2. The van der Waals surface area contributed by atoms with Crippen molar-refractivity contribution in [2.45, 2.75) is 38.6 Å². The fourth-order valence-corrected chi connectivity index (χ4v) is 2.47. The summed E-state index contributed by atoms with van der Waals surface area (Å²) in [5, 5.41) is 3.37. The first-order valence-corrected chi connectivity index (χ1v) is 6.76. The van der Waals surface area contributed by atoms with Gasteiger partial charge in [0.15, 0.2) is 0 Å². The molecule has 1 fully saturated rings. The highest BCUT2D eigenvalue weighted by molar-refractivity contribution is 5.42. The lowest BCUT2D eigenvalue weighted by Crippen LogP contribution is -2.26. The molecule has 0 spiro atoms. The lowest BCUT2D eigenvalue weighted by atomic mass is 10.0. The number of hydrogen-bond acceptors (Lipinski definition) is 7. The van der Waals surface area contributed by atoms with Crippen LogP contribution in [-0.2, 0) is 0 Å². The topological polar surface area (TPSA) is 92.0 Å². The molecule has 1 aromatic heterocycles. The van der Waals surface area contributed by atoms with Crippen molar-refractivity contribution in [3.05, 3.63) is 0 Å². The van der Waals surface area contributed by atoms with Gasteiger partial charge in [0.1, 0.15) is 0 Å². The molecule has 1 saturated carbocycles. The van der Waals surface area contributed by atoms with Crippen LogP contribution >= 0.6 is 0 Å². The fourth-order valence-electron chi connectivity index (χ4n) is 2.47. The number of hydrogen-bond donors (Lipinski definition) is 3. The highest BCUT2D eigenvalue weighted by Gasteiger charge is 2.22. The molecule has 0 saturated heterocycles. The molecule has 0 amide bonds. The Bertz CT molecular complexity index is 415. The minimum absolute atomic E-state index is 0.366. The summed E-state index contributed by atoms with van der Waals surface area (Å²) in [6.45, 7) is 2.19. The normalized spacial score (nSPS) is 17.3. The third-order valence-corrected chi connectivity index (χ3v) is 3.62. The van der Waals surface area contributed by atoms with Crippen LogP contribution < -0.4 is 21.5 Å². The molecule has 1 unspecified atom stereocenters. The second-order valence-electron chi connectivity index (χ2n) is 5.30. The summed E-state index contributed by atoms with van der Waals surface area (Å²) in [4.78, 5) is 14.6. The van der Waals surface area contributed by atoms with Gasteiger partial charge >= 0.3 is 0 Å². The Labute approximate surface area is 114 Å². The molecular weight excluding hydrogens is 242 g/mol. The maximum atomic E-state index is 5.39. The van der Waals surface area contributed by atoms with Gasteiger partial charge in [-0.05, 0) is 25.7 Å². The zero-order chi connectivity index (χ0) is 13.8. The number of aromatic nitrogens is 3. The first-order valence-electron chi connectivity index (χ1n) is 6.76. The van der Waals surface area contributed by atoms with E-state index in [-0.39, 0.29) is 0 Å². The Hall–Kier alpha value is -1.63. The Morgan fingerprint density at radius 3 is 2.37 bits per heavy atom. The number of anilines is 3. The largest absolute Gasteiger partial charge is 0.351 e. The van der Waals surface area contributed by atoms with Crippen molar-refractivity contribution in [1.29, 1.82) is 0 Å². The van der Waals surface area contributed by atoms with Crippen molar-refractivity contribution in [3.8, 4) is 0 Å². The summed E-state index contributed by atoms with van der Waals surface area (Å²) in [6, 6.07) is 0.366. The number of nitrogen functional groups attached to an aromatic ring is 1. The smallest absolute Gasteiger partial charge is 0.243 e. The zero-order valence-corrected chi connectivity index (χ0v) is 11.8. The first-order chi connectivity index (χ1) is 9.10. The SMILES string of the molecule is CC(Nc1nc(NN)nc(N(C)C)n1)C1CCCC1. The van der Waals surface area contributed by atoms with E-state index in [0.717, 1.165) is 0 Å². The minimum Gasteiger partial charge on any atom is -0.351 e. The summed E-state index contributed by atoms with van der Waals surface area (Å²) in [7, 11) is 3.78. The van der Waals surface area contributed by atoms with Gasteiger partial charge in [-0.2, -0.15) is 15.0 Å². The van der Waals surface area contributed by atoms with Crippen molar-refractivity contribution in [3.63, 3.8) is 0 Å². The lowest BCUT2D eigenvalue weighted by Gasteiger charge is -2.21. The van der Waals surface area contributed by atoms with Gasteiger partial charge in [0.25, 0.3) is 0 Å². The predicted molar refractivity (Wildman–Crippen MR) is 77.0 cm³/mol. The second kappa shape index (κ2) is 6.01. The molecule has 1 atom stereocenters. The average Bonchev–Trinajstić information content (AvgIpc) is 2.92. The van der Waals surface area contributed by atoms with Crippen LogP contribution in [0.1, 0.15) is 32.6 Å². The fraction of sp³-hybridized carbons (Fsp3) is 0.750. The molecule has 1 aliphatic rings. The van der Waals surface area contributed by atoms with E-state index in [0.29, 0.717) is 29.8 Å². The molecule has 4 N–H and O–H groups in total. The first kappa shape index (κ1) is 13.8. The van der Waals surface area contributed by atoms with E-state index < -0.39 is 0 Å². The third-order valence-electron chi connectivity index (χ3n) is 3.62. The van der Waals surface area contributed by atoms with Crippen molar-refractivity contribution < 1.29 is 0 Å². The Balaban J connectivity index is 2.11. The third kappa shape index (κ3) is 3.44. The van der Waals surface area contributed by atoms with Gasteiger partial charge in [0.05, 0.1) is 0 Å². The highest BCUT2D eigenvalue weighted by Crippen LogP contribution is 2.28. The summed E-state index contributed by atoms with van der Waals surface area (Å²) >= 11 is 0. The standard InChI is InChI=1S/C12H23N7/c1-8(9-6-4-5-7-9)14-10-15-11(18-13)17-12(16-10)19(2)3/h8-9H,4-7,13H2,1-3H3,(H2,14,15,16,17,18). The van der Waals surface area contributed by atoms with Crippen LogP contribution in [0.2, 0.25) is 0 Å². The molecule has 1 heterocycles. The molecule has 1 aromatic rings. The van der Waals surface area contributed by atoms with Crippen LogP contribution in [0.5, 0.6) is 0 Å². The predicted octanol–water partition coefficient (Wildman–Crippen LogP) is 1.21. The van der Waals surface area contributed by atoms with E-state index in [1.54, 1.807) is 0 Å².